The Balaban J connectivity index is 3.52. The van der Waals surface area contributed by atoms with Crippen LogP contribution in [-0.4, -0.2) is 28.9 Å². The van der Waals surface area contributed by atoms with Crippen LogP contribution in [0.4, 0.5) is 0 Å². The van der Waals surface area contributed by atoms with Gasteiger partial charge in [-0.05, 0) is 6.42 Å². The molecule has 0 saturated carbocycles. The van der Waals surface area contributed by atoms with E-state index in [0.29, 0.717) is 6.42 Å². The van der Waals surface area contributed by atoms with Crippen LogP contribution in [0.3, 0.4) is 0 Å². The van der Waals surface area contributed by atoms with E-state index in [9.17, 15) is 0 Å². The minimum atomic E-state index is -4.02. The Labute approximate surface area is 61.7 Å². The quantitative estimate of drug-likeness (QED) is 0.401. The van der Waals surface area contributed by atoms with Crippen molar-refractivity contribution in [3.05, 3.63) is 0 Å². The molecule has 10 heavy (non-hydrogen) atoms. The van der Waals surface area contributed by atoms with Gasteiger partial charge in [0.05, 0.1) is 5.67 Å². The molecule has 5 N–H and O–H groups in total. The Kier molecular flexibility index (Phi) is 4.07. The molecule has 1 atom stereocenters. The van der Waals surface area contributed by atoms with Gasteiger partial charge in [-0.25, -0.2) is 0 Å². The van der Waals surface area contributed by atoms with E-state index in [1.807, 2.05) is 6.92 Å². The topological polar surface area (TPSA) is 86.7 Å². The fourth-order valence-electron chi connectivity index (χ4n) is 0.618. The summed E-state index contributed by atoms with van der Waals surface area (Å²) in [7, 11) is -4.02. The fourth-order valence-corrected chi connectivity index (χ4v) is 1.21. The third-order valence-electron chi connectivity index (χ3n) is 1.37. The molecule has 0 aromatic rings. The molecule has 0 bridgehead atoms. The lowest BCUT2D eigenvalue weighted by molar-refractivity contribution is 0.209. The monoisotopic (exact) mass is 165 g/mol. The first-order valence-corrected chi connectivity index (χ1v) is 5.33. The molecule has 5 heteroatoms. The summed E-state index contributed by atoms with van der Waals surface area (Å²) in [6.07, 6.45) is 2.24. The van der Waals surface area contributed by atoms with Gasteiger partial charge in [-0.2, -0.15) is 0 Å². The summed E-state index contributed by atoms with van der Waals surface area (Å²) in [6, 6.07) is 0. The Bertz CT molecular complexity index is 93.4. The molecule has 62 valence electrons. The van der Waals surface area contributed by atoms with Crippen molar-refractivity contribution in [2.75, 3.05) is 0 Å². The molecule has 0 amide bonds. The second-order valence-electron chi connectivity index (χ2n) is 2.44. The van der Waals surface area contributed by atoms with Gasteiger partial charge < -0.3 is 20.1 Å². The SMILES string of the molecule is CCCCC(N)[Si](O)(O)O. The highest BCUT2D eigenvalue weighted by atomic mass is 28.4. The predicted molar refractivity (Wildman–Crippen MR) is 39.9 cm³/mol. The third-order valence-corrected chi connectivity index (χ3v) is 2.65. The van der Waals surface area contributed by atoms with Crippen molar-refractivity contribution >= 4 is 8.80 Å². The molecule has 0 aliphatic carbocycles. The van der Waals surface area contributed by atoms with Crippen molar-refractivity contribution in [2.45, 2.75) is 31.9 Å². The normalized spacial score (nSPS) is 15.3. The first kappa shape index (κ1) is 10.1. The molecule has 0 heterocycles. The van der Waals surface area contributed by atoms with Crippen molar-refractivity contribution in [1.82, 2.24) is 0 Å². The molecule has 4 nitrogen and oxygen atoms in total. The summed E-state index contributed by atoms with van der Waals surface area (Å²) in [5.41, 5.74) is 4.42. The molecule has 0 aromatic heterocycles. The van der Waals surface area contributed by atoms with Gasteiger partial charge in [0, 0.05) is 0 Å². The largest absolute Gasteiger partial charge is 0.510 e. The van der Waals surface area contributed by atoms with E-state index >= 15 is 0 Å². The minimum absolute atomic E-state index is 0.478. The Hall–Kier alpha value is 0.0569. The summed E-state index contributed by atoms with van der Waals surface area (Å²) in [5.74, 6) is 0. The number of rotatable bonds is 4. The van der Waals surface area contributed by atoms with Gasteiger partial charge in [0.15, 0.2) is 0 Å². The number of hydrogen-bond donors (Lipinski definition) is 4. The zero-order chi connectivity index (χ0) is 8.20. The Morgan fingerprint density at radius 3 is 2.20 bits per heavy atom. The fraction of sp³-hybridized carbons (Fsp3) is 1.00. The number of hydrogen-bond acceptors (Lipinski definition) is 4. The molecular formula is C5H15NO3Si. The molecule has 1 unspecified atom stereocenters. The second kappa shape index (κ2) is 4.04. The molecule has 0 aliphatic heterocycles. The smallest absolute Gasteiger partial charge is 0.389 e. The average Bonchev–Trinajstić information content (AvgIpc) is 1.80. The predicted octanol–water partition coefficient (Wildman–Crippen LogP) is -1.04. The highest BCUT2D eigenvalue weighted by Gasteiger charge is 2.35. The molecule has 0 radical (unpaired) electrons. The summed E-state index contributed by atoms with van der Waals surface area (Å²) in [4.78, 5) is 25.9. The molecular weight excluding hydrogens is 150 g/mol. The third kappa shape index (κ3) is 3.97. The average molecular weight is 165 g/mol. The van der Waals surface area contributed by atoms with Crippen LogP contribution in [0.1, 0.15) is 26.2 Å². The van der Waals surface area contributed by atoms with E-state index in [4.69, 9.17) is 20.1 Å². The number of nitrogens with two attached hydrogens (primary N) is 1. The van der Waals surface area contributed by atoms with Gasteiger partial charge in [0.1, 0.15) is 0 Å². The van der Waals surface area contributed by atoms with Crippen molar-refractivity contribution in [1.29, 1.82) is 0 Å². The van der Waals surface area contributed by atoms with E-state index in [0.717, 1.165) is 12.8 Å². The van der Waals surface area contributed by atoms with Gasteiger partial charge in [-0.1, -0.05) is 19.8 Å². The van der Waals surface area contributed by atoms with Crippen LogP contribution in [-0.2, 0) is 0 Å². The molecule has 0 saturated heterocycles. The van der Waals surface area contributed by atoms with E-state index in [1.165, 1.54) is 0 Å². The second-order valence-corrected chi connectivity index (χ2v) is 4.55. The van der Waals surface area contributed by atoms with Crippen LogP contribution in [0, 0.1) is 0 Å². The van der Waals surface area contributed by atoms with Crippen LogP contribution in [0.25, 0.3) is 0 Å². The van der Waals surface area contributed by atoms with Crippen molar-refractivity contribution < 1.29 is 14.4 Å². The molecule has 0 aliphatic rings. The van der Waals surface area contributed by atoms with E-state index in [1.54, 1.807) is 0 Å². The van der Waals surface area contributed by atoms with Crippen molar-refractivity contribution in [2.24, 2.45) is 5.73 Å². The van der Waals surface area contributed by atoms with E-state index in [-0.39, 0.29) is 0 Å². The van der Waals surface area contributed by atoms with Crippen LogP contribution in [0.2, 0.25) is 0 Å². The van der Waals surface area contributed by atoms with Crippen molar-refractivity contribution in [3.63, 3.8) is 0 Å². The first-order valence-electron chi connectivity index (χ1n) is 3.41. The number of unbranched alkanes of at least 4 members (excludes halogenated alkanes) is 1. The van der Waals surface area contributed by atoms with Crippen LogP contribution in [0.5, 0.6) is 0 Å². The molecule has 0 spiro atoms. The zero-order valence-corrected chi connectivity index (χ0v) is 7.12. The maximum absolute atomic E-state index is 8.64. The highest BCUT2D eigenvalue weighted by Crippen LogP contribution is 2.03. The maximum Gasteiger partial charge on any atom is 0.510 e. The molecule has 0 rings (SSSR count). The highest BCUT2D eigenvalue weighted by molar-refractivity contribution is 6.58. The zero-order valence-electron chi connectivity index (χ0n) is 6.12. The lowest BCUT2D eigenvalue weighted by atomic mass is 10.2. The first-order chi connectivity index (χ1) is 4.48. The van der Waals surface area contributed by atoms with Gasteiger partial charge >= 0.3 is 8.80 Å². The Morgan fingerprint density at radius 1 is 1.40 bits per heavy atom. The summed E-state index contributed by atoms with van der Waals surface area (Å²) in [5, 5.41) is 0. The van der Waals surface area contributed by atoms with E-state index < -0.39 is 14.5 Å². The lowest BCUT2D eigenvalue weighted by Crippen LogP contribution is -2.53. The lowest BCUT2D eigenvalue weighted by Gasteiger charge is -2.16. The van der Waals surface area contributed by atoms with Crippen LogP contribution >= 0.6 is 0 Å². The van der Waals surface area contributed by atoms with Gasteiger partial charge in [0.25, 0.3) is 0 Å². The summed E-state index contributed by atoms with van der Waals surface area (Å²) >= 11 is 0. The standard InChI is InChI=1S/C5H15NO3Si/c1-2-3-4-5(6)10(7,8)9/h5,7-9H,2-4,6H2,1H3. The molecule has 0 fully saturated rings. The van der Waals surface area contributed by atoms with Crippen molar-refractivity contribution in [3.8, 4) is 0 Å². The van der Waals surface area contributed by atoms with Gasteiger partial charge in [-0.15, -0.1) is 0 Å². The van der Waals surface area contributed by atoms with Gasteiger partial charge in [0.2, 0.25) is 0 Å². The Morgan fingerprint density at radius 2 is 1.90 bits per heavy atom. The van der Waals surface area contributed by atoms with Gasteiger partial charge in [-0.3, -0.25) is 0 Å². The maximum atomic E-state index is 8.64. The van der Waals surface area contributed by atoms with E-state index in [2.05, 4.69) is 0 Å². The summed E-state index contributed by atoms with van der Waals surface area (Å²) in [6.45, 7) is 1.97. The molecule has 0 aromatic carbocycles. The summed E-state index contributed by atoms with van der Waals surface area (Å²) < 4.78 is 0. The van der Waals surface area contributed by atoms with Crippen LogP contribution in [0.15, 0.2) is 0 Å². The minimum Gasteiger partial charge on any atom is -0.389 e. The van der Waals surface area contributed by atoms with Crippen LogP contribution < -0.4 is 5.73 Å².